The summed E-state index contributed by atoms with van der Waals surface area (Å²) in [4.78, 5) is 11.6. The van der Waals surface area contributed by atoms with Crippen molar-refractivity contribution in [2.24, 2.45) is 5.41 Å². The monoisotopic (exact) mass is 240 g/mol. The average Bonchev–Trinajstić information content (AvgIpc) is 2.88. The molecule has 1 amide bonds. The Balaban J connectivity index is 2.11. The van der Waals surface area contributed by atoms with E-state index in [2.05, 4.69) is 21.9 Å². The lowest BCUT2D eigenvalue weighted by Crippen LogP contribution is -2.21. The van der Waals surface area contributed by atoms with E-state index in [9.17, 15) is 4.79 Å². The first-order valence-corrected chi connectivity index (χ1v) is 6.04. The molecule has 0 aliphatic heterocycles. The van der Waals surface area contributed by atoms with E-state index in [1.54, 1.807) is 7.05 Å². The third-order valence-corrected chi connectivity index (χ3v) is 3.77. The van der Waals surface area contributed by atoms with Crippen molar-refractivity contribution in [1.82, 2.24) is 9.69 Å². The lowest BCUT2D eigenvalue weighted by atomic mass is 10.1. The third-order valence-electron chi connectivity index (χ3n) is 2.95. The number of nitrogens with zero attached hydrogens (tertiary/aromatic N) is 1. The summed E-state index contributed by atoms with van der Waals surface area (Å²) in [5, 5.41) is 6.60. The largest absolute Gasteiger partial charge is 0.382 e. The molecule has 4 N–H and O–H groups in total. The van der Waals surface area contributed by atoms with Crippen molar-refractivity contribution >= 4 is 28.3 Å². The molecule has 2 rings (SSSR count). The van der Waals surface area contributed by atoms with E-state index in [0.717, 1.165) is 11.5 Å². The molecule has 0 radical (unpaired) electrons. The van der Waals surface area contributed by atoms with Gasteiger partial charge in [-0.3, -0.25) is 4.79 Å². The average molecular weight is 240 g/mol. The molecular formula is C10H16N4OS. The van der Waals surface area contributed by atoms with E-state index in [1.807, 2.05) is 0 Å². The maximum absolute atomic E-state index is 11.6. The van der Waals surface area contributed by atoms with Gasteiger partial charge in [0.25, 0.3) is 5.91 Å². The van der Waals surface area contributed by atoms with Crippen LogP contribution in [-0.2, 0) is 0 Å². The summed E-state index contributed by atoms with van der Waals surface area (Å²) in [6, 6.07) is 0. The van der Waals surface area contributed by atoms with Crippen molar-refractivity contribution in [3.05, 3.63) is 5.56 Å². The Kier molecular flexibility index (Phi) is 2.75. The van der Waals surface area contributed by atoms with Gasteiger partial charge in [0.15, 0.2) is 5.82 Å². The summed E-state index contributed by atoms with van der Waals surface area (Å²) < 4.78 is 4.00. The Morgan fingerprint density at radius 1 is 1.62 bits per heavy atom. The predicted molar refractivity (Wildman–Crippen MR) is 65.7 cm³/mol. The molecule has 0 saturated heterocycles. The number of nitrogen functional groups attached to an aromatic ring is 1. The molecule has 16 heavy (non-hydrogen) atoms. The molecule has 1 aromatic heterocycles. The topological polar surface area (TPSA) is 80.0 Å². The molecule has 5 nitrogen and oxygen atoms in total. The van der Waals surface area contributed by atoms with Crippen LogP contribution < -0.4 is 16.4 Å². The van der Waals surface area contributed by atoms with E-state index >= 15 is 0 Å². The summed E-state index contributed by atoms with van der Waals surface area (Å²) in [7, 11) is 1.59. The van der Waals surface area contributed by atoms with Gasteiger partial charge in [0.1, 0.15) is 10.6 Å². The normalized spacial score (nSPS) is 16.9. The number of hydrogen-bond acceptors (Lipinski definition) is 5. The lowest BCUT2D eigenvalue weighted by molar-refractivity contribution is 0.0965. The van der Waals surface area contributed by atoms with Crippen LogP contribution in [0.1, 0.15) is 30.1 Å². The molecule has 88 valence electrons. The highest BCUT2D eigenvalue weighted by molar-refractivity contribution is 7.11. The van der Waals surface area contributed by atoms with Crippen molar-refractivity contribution in [3.8, 4) is 0 Å². The van der Waals surface area contributed by atoms with Crippen LogP contribution in [0.5, 0.6) is 0 Å². The molecule has 6 heteroatoms. The van der Waals surface area contributed by atoms with E-state index in [4.69, 9.17) is 5.73 Å². The highest BCUT2D eigenvalue weighted by Gasteiger charge is 2.37. The number of amides is 1. The number of carbonyl (C=O) groups is 1. The SMILES string of the molecule is CNC(=O)c1c(N)nsc1NCC1(C)CC1. The number of hydrogen-bond donors (Lipinski definition) is 3. The maximum atomic E-state index is 11.6. The number of rotatable bonds is 4. The van der Waals surface area contributed by atoms with Gasteiger partial charge < -0.3 is 16.4 Å². The molecule has 0 spiro atoms. The van der Waals surface area contributed by atoms with Crippen molar-refractivity contribution in [1.29, 1.82) is 0 Å². The second kappa shape index (κ2) is 3.93. The van der Waals surface area contributed by atoms with Gasteiger partial charge >= 0.3 is 0 Å². The summed E-state index contributed by atoms with van der Waals surface area (Å²) in [5.41, 5.74) is 6.53. The Hall–Kier alpha value is -1.30. The van der Waals surface area contributed by atoms with Crippen LogP contribution in [0.25, 0.3) is 0 Å². The maximum Gasteiger partial charge on any atom is 0.257 e. The van der Waals surface area contributed by atoms with E-state index in [1.165, 1.54) is 24.4 Å². The van der Waals surface area contributed by atoms with Gasteiger partial charge in [0.2, 0.25) is 0 Å². The predicted octanol–water partition coefficient (Wildman–Crippen LogP) is 1.30. The second-order valence-electron chi connectivity index (χ2n) is 4.52. The van der Waals surface area contributed by atoms with E-state index in [0.29, 0.717) is 16.8 Å². The number of carbonyl (C=O) groups excluding carboxylic acids is 1. The van der Waals surface area contributed by atoms with Crippen LogP contribution in [0.2, 0.25) is 0 Å². The Bertz CT molecular complexity index is 411. The first-order chi connectivity index (χ1) is 7.56. The zero-order valence-electron chi connectivity index (χ0n) is 9.46. The van der Waals surface area contributed by atoms with Crippen molar-refractivity contribution in [3.63, 3.8) is 0 Å². The van der Waals surface area contributed by atoms with Crippen molar-refractivity contribution in [2.45, 2.75) is 19.8 Å². The fourth-order valence-corrected chi connectivity index (χ4v) is 2.16. The lowest BCUT2D eigenvalue weighted by Gasteiger charge is -2.10. The van der Waals surface area contributed by atoms with Gasteiger partial charge in [-0.05, 0) is 29.8 Å². The van der Waals surface area contributed by atoms with Gasteiger partial charge in [0, 0.05) is 13.6 Å². The van der Waals surface area contributed by atoms with E-state index in [-0.39, 0.29) is 5.91 Å². The fourth-order valence-electron chi connectivity index (χ4n) is 1.45. The summed E-state index contributed by atoms with van der Waals surface area (Å²) in [6.45, 7) is 3.10. The Morgan fingerprint density at radius 3 is 2.88 bits per heavy atom. The summed E-state index contributed by atoms with van der Waals surface area (Å²) >= 11 is 1.24. The molecule has 1 fully saturated rings. The molecule has 1 aromatic rings. The highest BCUT2D eigenvalue weighted by atomic mass is 32.1. The van der Waals surface area contributed by atoms with Gasteiger partial charge in [-0.15, -0.1) is 0 Å². The van der Waals surface area contributed by atoms with Gasteiger partial charge in [0.05, 0.1) is 0 Å². The number of nitrogens with two attached hydrogens (primary N) is 1. The second-order valence-corrected chi connectivity index (χ2v) is 5.29. The molecule has 0 unspecified atom stereocenters. The number of anilines is 2. The Labute approximate surface area is 98.6 Å². The minimum absolute atomic E-state index is 0.185. The standard InChI is InChI=1S/C10H16N4OS/c1-10(3-4-10)5-13-9-6(8(15)12-2)7(11)14-16-9/h13H,3-5H2,1-2H3,(H2,11,14)(H,12,15). The molecule has 0 bridgehead atoms. The number of aromatic nitrogens is 1. The molecule has 1 heterocycles. The quantitative estimate of drug-likeness (QED) is 0.741. The molecule has 0 atom stereocenters. The van der Waals surface area contributed by atoms with E-state index < -0.39 is 0 Å². The smallest absolute Gasteiger partial charge is 0.257 e. The zero-order valence-corrected chi connectivity index (χ0v) is 10.3. The first-order valence-electron chi connectivity index (χ1n) is 5.27. The van der Waals surface area contributed by atoms with Gasteiger partial charge in [-0.2, -0.15) is 4.37 Å². The Morgan fingerprint density at radius 2 is 2.31 bits per heavy atom. The van der Waals surface area contributed by atoms with Crippen LogP contribution >= 0.6 is 11.5 Å². The minimum atomic E-state index is -0.185. The van der Waals surface area contributed by atoms with Crippen molar-refractivity contribution in [2.75, 3.05) is 24.6 Å². The molecular weight excluding hydrogens is 224 g/mol. The number of nitrogens with one attached hydrogen (secondary N) is 2. The molecule has 1 saturated carbocycles. The van der Waals surface area contributed by atoms with Crippen molar-refractivity contribution < 1.29 is 4.79 Å². The van der Waals surface area contributed by atoms with Crippen LogP contribution in [0, 0.1) is 5.41 Å². The summed E-state index contributed by atoms with van der Waals surface area (Å²) in [5.74, 6) is 0.113. The van der Waals surface area contributed by atoms with Crippen LogP contribution in [-0.4, -0.2) is 23.9 Å². The first kappa shape index (κ1) is 11.2. The zero-order chi connectivity index (χ0) is 11.8. The third kappa shape index (κ3) is 2.11. The fraction of sp³-hybridized carbons (Fsp3) is 0.600. The summed E-state index contributed by atoms with van der Waals surface area (Å²) in [6.07, 6.45) is 2.48. The molecule has 0 aromatic carbocycles. The minimum Gasteiger partial charge on any atom is -0.382 e. The highest BCUT2D eigenvalue weighted by Crippen LogP contribution is 2.45. The molecule has 1 aliphatic rings. The van der Waals surface area contributed by atoms with Crippen LogP contribution in [0.4, 0.5) is 10.8 Å². The van der Waals surface area contributed by atoms with Crippen LogP contribution in [0.15, 0.2) is 0 Å². The van der Waals surface area contributed by atoms with Crippen LogP contribution in [0.3, 0.4) is 0 Å². The van der Waals surface area contributed by atoms with Gasteiger partial charge in [-0.25, -0.2) is 0 Å². The van der Waals surface area contributed by atoms with Gasteiger partial charge in [-0.1, -0.05) is 6.92 Å². The molecule has 1 aliphatic carbocycles.